The molecule has 5 nitrogen and oxygen atoms in total. The molecule has 0 aliphatic heterocycles. The number of nitrogens with two attached hydrogens (primary N) is 1. The predicted molar refractivity (Wildman–Crippen MR) is 67.4 cm³/mol. The van der Waals surface area contributed by atoms with Crippen molar-refractivity contribution in [1.29, 1.82) is 0 Å². The van der Waals surface area contributed by atoms with Crippen LogP contribution in [0.4, 0.5) is 0 Å². The lowest BCUT2D eigenvalue weighted by molar-refractivity contribution is 0.0941. The van der Waals surface area contributed by atoms with Crippen molar-refractivity contribution in [3.63, 3.8) is 0 Å². The topological polar surface area (TPSA) is 95.6 Å². The molecule has 1 saturated carbocycles. The number of phenols is 2. The summed E-state index contributed by atoms with van der Waals surface area (Å²) in [6, 6.07) is 3.90. The lowest BCUT2D eigenvalue weighted by Gasteiger charge is -2.15. The molecule has 1 aromatic carbocycles. The number of hydrogen-bond acceptors (Lipinski definition) is 4. The SMILES string of the molecule is NCCC1(CNC(=O)c2cc(O)ccc2O)CC1. The zero-order valence-corrected chi connectivity index (χ0v) is 10.1. The molecule has 0 aromatic heterocycles. The van der Waals surface area contributed by atoms with Crippen LogP contribution in [-0.2, 0) is 0 Å². The summed E-state index contributed by atoms with van der Waals surface area (Å²) < 4.78 is 0. The summed E-state index contributed by atoms with van der Waals surface area (Å²) in [5.41, 5.74) is 5.78. The van der Waals surface area contributed by atoms with E-state index in [2.05, 4.69) is 5.32 Å². The molecule has 98 valence electrons. The Hall–Kier alpha value is -1.75. The Morgan fingerprint density at radius 3 is 2.72 bits per heavy atom. The summed E-state index contributed by atoms with van der Waals surface area (Å²) in [6.07, 6.45) is 3.06. The van der Waals surface area contributed by atoms with Gasteiger partial charge in [-0.3, -0.25) is 4.79 Å². The standard InChI is InChI=1S/C13H18N2O3/c14-6-5-13(3-4-13)8-15-12(18)10-7-9(16)1-2-11(10)17/h1-2,7,16-17H,3-6,8,14H2,(H,15,18). The van der Waals surface area contributed by atoms with E-state index >= 15 is 0 Å². The van der Waals surface area contributed by atoms with E-state index in [-0.39, 0.29) is 28.4 Å². The maximum atomic E-state index is 11.9. The molecule has 0 unspecified atom stereocenters. The molecule has 1 aromatic rings. The van der Waals surface area contributed by atoms with E-state index in [1.807, 2.05) is 0 Å². The number of carbonyl (C=O) groups is 1. The lowest BCUT2D eigenvalue weighted by atomic mass is 10.0. The van der Waals surface area contributed by atoms with E-state index in [0.717, 1.165) is 19.3 Å². The molecule has 0 heterocycles. The van der Waals surface area contributed by atoms with Gasteiger partial charge in [-0.1, -0.05) is 0 Å². The van der Waals surface area contributed by atoms with E-state index in [4.69, 9.17) is 5.73 Å². The Kier molecular flexibility index (Phi) is 3.43. The molecule has 5 N–H and O–H groups in total. The number of carbonyl (C=O) groups excluding carboxylic acids is 1. The minimum absolute atomic E-state index is 0.0407. The van der Waals surface area contributed by atoms with Gasteiger partial charge in [0.25, 0.3) is 5.91 Å². The number of benzene rings is 1. The molecule has 2 rings (SSSR count). The highest BCUT2D eigenvalue weighted by molar-refractivity contribution is 5.97. The van der Waals surface area contributed by atoms with Crippen molar-refractivity contribution in [2.75, 3.05) is 13.1 Å². The number of hydrogen-bond donors (Lipinski definition) is 4. The van der Waals surface area contributed by atoms with Gasteiger partial charge in [-0.2, -0.15) is 0 Å². The normalized spacial score (nSPS) is 16.3. The summed E-state index contributed by atoms with van der Waals surface area (Å²) >= 11 is 0. The van der Waals surface area contributed by atoms with Gasteiger partial charge in [-0.25, -0.2) is 0 Å². The fourth-order valence-corrected chi connectivity index (χ4v) is 2.07. The lowest BCUT2D eigenvalue weighted by Crippen LogP contribution is -2.31. The summed E-state index contributed by atoms with van der Waals surface area (Å²) in [5.74, 6) is -0.540. The fourth-order valence-electron chi connectivity index (χ4n) is 2.07. The van der Waals surface area contributed by atoms with Gasteiger partial charge in [-0.15, -0.1) is 0 Å². The molecular weight excluding hydrogens is 232 g/mol. The summed E-state index contributed by atoms with van der Waals surface area (Å²) in [6.45, 7) is 1.19. The smallest absolute Gasteiger partial charge is 0.255 e. The van der Waals surface area contributed by atoms with E-state index in [1.165, 1.54) is 18.2 Å². The number of amides is 1. The van der Waals surface area contributed by atoms with Gasteiger partial charge in [0.2, 0.25) is 0 Å². The first kappa shape index (κ1) is 12.7. The van der Waals surface area contributed by atoms with Crippen LogP contribution in [0.1, 0.15) is 29.6 Å². The third-order valence-corrected chi connectivity index (χ3v) is 3.48. The molecule has 1 aliphatic rings. The third kappa shape index (κ3) is 2.73. The first-order valence-electron chi connectivity index (χ1n) is 6.07. The van der Waals surface area contributed by atoms with Crippen molar-refractivity contribution < 1.29 is 15.0 Å². The molecule has 5 heteroatoms. The van der Waals surface area contributed by atoms with Crippen LogP contribution in [0.3, 0.4) is 0 Å². The first-order valence-corrected chi connectivity index (χ1v) is 6.07. The van der Waals surface area contributed by atoms with Gasteiger partial charge in [-0.05, 0) is 49.4 Å². The Morgan fingerprint density at radius 1 is 1.39 bits per heavy atom. The molecular formula is C13H18N2O3. The average Bonchev–Trinajstić information content (AvgIpc) is 3.10. The van der Waals surface area contributed by atoms with Crippen LogP contribution in [-0.4, -0.2) is 29.2 Å². The second kappa shape index (κ2) is 4.86. The van der Waals surface area contributed by atoms with Crippen LogP contribution in [0.2, 0.25) is 0 Å². The van der Waals surface area contributed by atoms with Crippen LogP contribution in [0, 0.1) is 5.41 Å². The van der Waals surface area contributed by atoms with Crippen LogP contribution in [0.15, 0.2) is 18.2 Å². The van der Waals surface area contributed by atoms with E-state index in [9.17, 15) is 15.0 Å². The Morgan fingerprint density at radius 2 is 2.11 bits per heavy atom. The predicted octanol–water partition coefficient (Wildman–Crippen LogP) is 0.957. The first-order chi connectivity index (χ1) is 8.56. The quantitative estimate of drug-likeness (QED) is 0.585. The molecule has 1 fully saturated rings. The second-order valence-electron chi connectivity index (χ2n) is 4.92. The summed E-state index contributed by atoms with van der Waals surface area (Å²) in [5, 5.41) is 21.7. The van der Waals surface area contributed by atoms with E-state index in [0.29, 0.717) is 13.1 Å². The molecule has 0 bridgehead atoms. The number of rotatable bonds is 5. The van der Waals surface area contributed by atoms with E-state index in [1.54, 1.807) is 0 Å². The van der Waals surface area contributed by atoms with Crippen molar-refractivity contribution in [1.82, 2.24) is 5.32 Å². The largest absolute Gasteiger partial charge is 0.508 e. The van der Waals surface area contributed by atoms with Crippen LogP contribution < -0.4 is 11.1 Å². The summed E-state index contributed by atoms with van der Waals surface area (Å²) in [4.78, 5) is 11.9. The molecule has 0 atom stereocenters. The van der Waals surface area contributed by atoms with Crippen LogP contribution >= 0.6 is 0 Å². The van der Waals surface area contributed by atoms with Gasteiger partial charge in [0.1, 0.15) is 11.5 Å². The van der Waals surface area contributed by atoms with Crippen molar-refractivity contribution in [2.45, 2.75) is 19.3 Å². The average molecular weight is 250 g/mol. The van der Waals surface area contributed by atoms with Gasteiger partial charge >= 0.3 is 0 Å². The van der Waals surface area contributed by atoms with Crippen molar-refractivity contribution in [3.8, 4) is 11.5 Å². The molecule has 0 radical (unpaired) electrons. The van der Waals surface area contributed by atoms with Crippen LogP contribution in [0.5, 0.6) is 11.5 Å². The van der Waals surface area contributed by atoms with Gasteiger partial charge < -0.3 is 21.3 Å². The van der Waals surface area contributed by atoms with Crippen molar-refractivity contribution >= 4 is 5.91 Å². The summed E-state index contributed by atoms with van der Waals surface area (Å²) in [7, 11) is 0. The maximum Gasteiger partial charge on any atom is 0.255 e. The van der Waals surface area contributed by atoms with Crippen molar-refractivity contribution in [2.24, 2.45) is 11.1 Å². The number of aromatic hydroxyl groups is 2. The Bertz CT molecular complexity index is 456. The Labute approximate surface area is 106 Å². The van der Waals surface area contributed by atoms with Crippen molar-refractivity contribution in [3.05, 3.63) is 23.8 Å². The molecule has 18 heavy (non-hydrogen) atoms. The molecule has 0 saturated heterocycles. The molecule has 1 aliphatic carbocycles. The molecule has 0 spiro atoms. The maximum absolute atomic E-state index is 11.9. The second-order valence-corrected chi connectivity index (χ2v) is 4.92. The highest BCUT2D eigenvalue weighted by Gasteiger charge is 2.41. The highest BCUT2D eigenvalue weighted by atomic mass is 16.3. The minimum atomic E-state index is -0.369. The monoisotopic (exact) mass is 250 g/mol. The molecule has 1 amide bonds. The number of phenolic OH excluding ortho intramolecular Hbond substituents is 2. The fraction of sp³-hybridized carbons (Fsp3) is 0.462. The van der Waals surface area contributed by atoms with Gasteiger partial charge in [0.15, 0.2) is 0 Å². The highest BCUT2D eigenvalue weighted by Crippen LogP contribution is 2.47. The zero-order chi connectivity index (χ0) is 13.2. The van der Waals surface area contributed by atoms with Crippen LogP contribution in [0.25, 0.3) is 0 Å². The number of nitrogens with one attached hydrogen (secondary N) is 1. The minimum Gasteiger partial charge on any atom is -0.508 e. The third-order valence-electron chi connectivity index (χ3n) is 3.48. The Balaban J connectivity index is 1.98. The van der Waals surface area contributed by atoms with E-state index < -0.39 is 0 Å². The van der Waals surface area contributed by atoms with Gasteiger partial charge in [0, 0.05) is 6.54 Å². The zero-order valence-electron chi connectivity index (χ0n) is 10.1. The van der Waals surface area contributed by atoms with Gasteiger partial charge in [0.05, 0.1) is 5.56 Å².